The second-order valence-corrected chi connectivity index (χ2v) is 7.14. The molecule has 0 heterocycles. The molecule has 2 rings (SSSR count). The molecule has 1 N–H and O–H groups in total. The molecular formula is C21H24NO5-. The summed E-state index contributed by atoms with van der Waals surface area (Å²) in [4.78, 5) is 23.2. The van der Waals surface area contributed by atoms with Crippen LogP contribution >= 0.6 is 0 Å². The summed E-state index contributed by atoms with van der Waals surface area (Å²) in [5.74, 6) is -0.687. The van der Waals surface area contributed by atoms with Gasteiger partial charge < -0.3 is 24.7 Å². The lowest BCUT2D eigenvalue weighted by molar-refractivity contribution is -0.308. The molecule has 6 heteroatoms. The van der Waals surface area contributed by atoms with Crippen molar-refractivity contribution in [3.63, 3.8) is 0 Å². The highest BCUT2D eigenvalue weighted by Gasteiger charge is 2.16. The first-order chi connectivity index (χ1) is 12.7. The number of benzene rings is 2. The normalized spacial score (nSPS) is 12.1. The number of hydrogen-bond acceptors (Lipinski definition) is 5. The maximum Gasteiger partial charge on any atom is 0.408 e. The van der Waals surface area contributed by atoms with Gasteiger partial charge in [-0.15, -0.1) is 0 Å². The Hall–Kier alpha value is -3.02. The number of carbonyl (C=O) groups is 2. The van der Waals surface area contributed by atoms with Crippen LogP contribution in [0.2, 0.25) is 0 Å². The number of carboxylic acid groups (broad SMARTS) is 1. The van der Waals surface area contributed by atoms with E-state index < -0.39 is 18.1 Å². The van der Waals surface area contributed by atoms with E-state index in [0.29, 0.717) is 5.75 Å². The highest BCUT2D eigenvalue weighted by molar-refractivity contribution is 5.78. The Morgan fingerprint density at radius 1 is 1.00 bits per heavy atom. The number of rotatable bonds is 7. The van der Waals surface area contributed by atoms with Gasteiger partial charge >= 0.3 is 6.09 Å². The standard InChI is InChI=1S/C21H25NO5/c1-21(2,3)27-17-11-9-15(10-12-17)13-18(19(23)24)22-20(25)26-14-16-7-5-4-6-8-16/h4-12,18H,13-14H2,1-3H3,(H,22,25)(H,23,24)/p-1/t18-/m0/s1. The van der Waals surface area contributed by atoms with Crippen molar-refractivity contribution in [1.82, 2.24) is 5.32 Å². The molecule has 0 aliphatic heterocycles. The molecule has 0 saturated carbocycles. The van der Waals surface area contributed by atoms with Gasteiger partial charge in [-0.25, -0.2) is 4.79 Å². The number of carboxylic acids is 1. The second-order valence-electron chi connectivity index (χ2n) is 7.14. The van der Waals surface area contributed by atoms with Gasteiger partial charge in [0, 0.05) is 0 Å². The van der Waals surface area contributed by atoms with Crippen LogP contribution in [0.1, 0.15) is 31.9 Å². The van der Waals surface area contributed by atoms with Crippen LogP contribution in [0.25, 0.3) is 0 Å². The van der Waals surface area contributed by atoms with Gasteiger partial charge in [-0.1, -0.05) is 42.5 Å². The molecule has 6 nitrogen and oxygen atoms in total. The summed E-state index contributed by atoms with van der Waals surface area (Å²) in [6.45, 7) is 5.89. The summed E-state index contributed by atoms with van der Waals surface area (Å²) in [5, 5.41) is 13.7. The molecule has 0 aliphatic carbocycles. The Labute approximate surface area is 159 Å². The molecule has 0 aromatic heterocycles. The van der Waals surface area contributed by atoms with Gasteiger partial charge in [-0.3, -0.25) is 0 Å². The van der Waals surface area contributed by atoms with E-state index in [9.17, 15) is 14.7 Å². The van der Waals surface area contributed by atoms with Crippen LogP contribution in [0.3, 0.4) is 0 Å². The molecule has 1 atom stereocenters. The van der Waals surface area contributed by atoms with Crippen molar-refractivity contribution >= 4 is 12.1 Å². The van der Waals surface area contributed by atoms with Crippen molar-refractivity contribution in [3.05, 3.63) is 65.7 Å². The fraction of sp³-hybridized carbons (Fsp3) is 0.333. The fourth-order valence-corrected chi connectivity index (χ4v) is 2.38. The van der Waals surface area contributed by atoms with Crippen LogP contribution < -0.4 is 15.2 Å². The molecule has 0 unspecified atom stereocenters. The second kappa shape index (κ2) is 9.07. The quantitative estimate of drug-likeness (QED) is 0.809. The zero-order chi connectivity index (χ0) is 19.9. The largest absolute Gasteiger partial charge is 0.548 e. The molecule has 144 valence electrons. The summed E-state index contributed by atoms with van der Waals surface area (Å²) < 4.78 is 10.8. The third kappa shape index (κ3) is 7.40. The van der Waals surface area contributed by atoms with Gasteiger partial charge in [-0.05, 0) is 50.5 Å². The minimum atomic E-state index is -1.37. The van der Waals surface area contributed by atoms with E-state index in [1.54, 1.807) is 24.3 Å². The van der Waals surface area contributed by atoms with Gasteiger partial charge in [0.2, 0.25) is 0 Å². The minimum absolute atomic E-state index is 0.0608. The highest BCUT2D eigenvalue weighted by Crippen LogP contribution is 2.19. The minimum Gasteiger partial charge on any atom is -0.548 e. The Kier molecular flexibility index (Phi) is 6.82. The van der Waals surface area contributed by atoms with Crippen molar-refractivity contribution in [1.29, 1.82) is 0 Å². The van der Waals surface area contributed by atoms with Crippen LogP contribution in [0.4, 0.5) is 4.79 Å². The Balaban J connectivity index is 1.91. The summed E-state index contributed by atoms with van der Waals surface area (Å²) in [6.07, 6.45) is -0.723. The monoisotopic (exact) mass is 370 g/mol. The number of aliphatic carboxylic acids is 1. The van der Waals surface area contributed by atoms with Crippen molar-refractivity contribution < 1.29 is 24.2 Å². The SMILES string of the molecule is CC(C)(C)Oc1ccc(C[C@H](NC(=O)OCc2ccccc2)C(=O)[O-])cc1. The van der Waals surface area contributed by atoms with Crippen molar-refractivity contribution in [2.75, 3.05) is 0 Å². The number of ether oxygens (including phenoxy) is 2. The molecule has 2 aromatic carbocycles. The third-order valence-corrected chi connectivity index (χ3v) is 3.58. The molecular weight excluding hydrogens is 346 g/mol. The average Bonchev–Trinajstić information content (AvgIpc) is 2.60. The maximum atomic E-state index is 11.9. The zero-order valence-electron chi connectivity index (χ0n) is 15.7. The van der Waals surface area contributed by atoms with Crippen LogP contribution in [0.5, 0.6) is 5.75 Å². The lowest BCUT2D eigenvalue weighted by atomic mass is 10.1. The third-order valence-electron chi connectivity index (χ3n) is 3.58. The lowest BCUT2D eigenvalue weighted by Gasteiger charge is -2.22. The van der Waals surface area contributed by atoms with Crippen molar-refractivity contribution in [3.8, 4) is 5.75 Å². The van der Waals surface area contributed by atoms with Crippen LogP contribution in [-0.2, 0) is 22.6 Å². The Morgan fingerprint density at radius 3 is 2.19 bits per heavy atom. The smallest absolute Gasteiger partial charge is 0.408 e. The predicted molar refractivity (Wildman–Crippen MR) is 99.1 cm³/mol. The molecule has 2 aromatic rings. The van der Waals surface area contributed by atoms with Crippen molar-refractivity contribution in [2.24, 2.45) is 0 Å². The van der Waals surface area contributed by atoms with E-state index in [-0.39, 0.29) is 18.6 Å². The number of carbonyl (C=O) groups excluding carboxylic acids is 2. The highest BCUT2D eigenvalue weighted by atomic mass is 16.5. The maximum absolute atomic E-state index is 11.9. The first-order valence-corrected chi connectivity index (χ1v) is 8.69. The number of alkyl carbamates (subject to hydrolysis) is 1. The van der Waals surface area contributed by atoms with E-state index in [1.165, 1.54) is 0 Å². The van der Waals surface area contributed by atoms with Gasteiger partial charge in [-0.2, -0.15) is 0 Å². The number of hydrogen-bond donors (Lipinski definition) is 1. The van der Waals surface area contributed by atoms with E-state index in [4.69, 9.17) is 9.47 Å². The summed E-state index contributed by atoms with van der Waals surface area (Å²) in [5.41, 5.74) is 1.22. The Morgan fingerprint density at radius 2 is 1.63 bits per heavy atom. The zero-order valence-corrected chi connectivity index (χ0v) is 15.7. The van der Waals surface area contributed by atoms with E-state index in [0.717, 1.165) is 11.1 Å². The van der Waals surface area contributed by atoms with Gasteiger partial charge in [0.1, 0.15) is 18.0 Å². The number of amides is 1. The van der Waals surface area contributed by atoms with Crippen LogP contribution in [0, 0.1) is 0 Å². The van der Waals surface area contributed by atoms with E-state index in [1.807, 2.05) is 51.1 Å². The summed E-state index contributed by atoms with van der Waals surface area (Å²) in [6, 6.07) is 15.0. The number of nitrogens with one attached hydrogen (secondary N) is 1. The fourth-order valence-electron chi connectivity index (χ4n) is 2.38. The topological polar surface area (TPSA) is 87.7 Å². The molecule has 0 spiro atoms. The van der Waals surface area contributed by atoms with Gasteiger partial charge in [0.05, 0.1) is 12.0 Å². The molecule has 1 amide bonds. The first kappa shape index (κ1) is 20.3. The molecule has 0 aliphatic rings. The van der Waals surface area contributed by atoms with Gasteiger partial charge in [0.15, 0.2) is 0 Å². The van der Waals surface area contributed by atoms with Crippen LogP contribution in [0.15, 0.2) is 54.6 Å². The van der Waals surface area contributed by atoms with Crippen molar-refractivity contribution in [2.45, 2.75) is 45.4 Å². The summed E-state index contributed by atoms with van der Waals surface area (Å²) in [7, 11) is 0. The predicted octanol–water partition coefficient (Wildman–Crippen LogP) is 2.45. The van der Waals surface area contributed by atoms with E-state index in [2.05, 4.69) is 5.32 Å². The molecule has 0 saturated heterocycles. The Bertz CT molecular complexity index is 750. The molecule has 0 bridgehead atoms. The summed E-state index contributed by atoms with van der Waals surface area (Å²) >= 11 is 0. The molecule has 0 fully saturated rings. The molecule has 27 heavy (non-hydrogen) atoms. The van der Waals surface area contributed by atoms with Crippen LogP contribution in [-0.4, -0.2) is 23.7 Å². The van der Waals surface area contributed by atoms with E-state index >= 15 is 0 Å². The lowest BCUT2D eigenvalue weighted by Crippen LogP contribution is -2.49. The average molecular weight is 370 g/mol. The molecule has 0 radical (unpaired) electrons. The van der Waals surface area contributed by atoms with Gasteiger partial charge in [0.25, 0.3) is 0 Å². The first-order valence-electron chi connectivity index (χ1n) is 8.69.